The molecule has 1 aromatic rings. The lowest BCUT2D eigenvalue weighted by molar-refractivity contribution is -0.118. The van der Waals surface area contributed by atoms with Crippen molar-refractivity contribution in [1.29, 1.82) is 0 Å². The molecular weight excluding hydrogens is 252 g/mol. The van der Waals surface area contributed by atoms with Gasteiger partial charge in [-0.15, -0.1) is 0 Å². The fourth-order valence-corrected chi connectivity index (χ4v) is 2.96. The number of nitrogens with one attached hydrogen (secondary N) is 2. The van der Waals surface area contributed by atoms with E-state index in [2.05, 4.69) is 29.7 Å². The Balaban J connectivity index is 1.79. The SMILES string of the molecule is CCNC(CC1CCC1)c1ccc2c(c1)NC(=O)CO2. The molecule has 1 aliphatic heterocycles. The zero-order chi connectivity index (χ0) is 13.9. The highest BCUT2D eigenvalue weighted by atomic mass is 16.5. The standard InChI is InChI=1S/C16H22N2O2/c1-2-17-13(8-11-4-3-5-11)12-6-7-15-14(9-12)18-16(19)10-20-15/h6-7,9,11,13,17H,2-5,8,10H2,1H3,(H,18,19). The quantitative estimate of drug-likeness (QED) is 0.868. The van der Waals surface area contributed by atoms with E-state index in [1.165, 1.54) is 31.2 Å². The van der Waals surface area contributed by atoms with Crippen LogP contribution in [-0.2, 0) is 4.79 Å². The van der Waals surface area contributed by atoms with Gasteiger partial charge in [-0.1, -0.05) is 32.3 Å². The molecule has 20 heavy (non-hydrogen) atoms. The highest BCUT2D eigenvalue weighted by Gasteiger charge is 2.24. The summed E-state index contributed by atoms with van der Waals surface area (Å²) < 4.78 is 5.41. The van der Waals surface area contributed by atoms with E-state index in [1.54, 1.807) is 0 Å². The summed E-state index contributed by atoms with van der Waals surface area (Å²) in [4.78, 5) is 11.4. The van der Waals surface area contributed by atoms with E-state index in [1.807, 2.05) is 6.07 Å². The number of hydrogen-bond donors (Lipinski definition) is 2. The summed E-state index contributed by atoms with van der Waals surface area (Å²) in [6.07, 6.45) is 5.26. The first kappa shape index (κ1) is 13.4. The molecule has 0 saturated heterocycles. The van der Waals surface area contributed by atoms with Gasteiger partial charge in [0.25, 0.3) is 5.91 Å². The predicted molar refractivity (Wildman–Crippen MR) is 78.9 cm³/mol. The number of anilines is 1. The highest BCUT2D eigenvalue weighted by Crippen LogP contribution is 2.37. The predicted octanol–water partition coefficient (Wildman–Crippen LogP) is 2.86. The van der Waals surface area contributed by atoms with Crippen LogP contribution in [0.4, 0.5) is 5.69 Å². The van der Waals surface area contributed by atoms with Gasteiger partial charge in [0.1, 0.15) is 5.75 Å². The Bertz CT molecular complexity index is 497. The molecule has 1 saturated carbocycles. The van der Waals surface area contributed by atoms with Gasteiger partial charge in [-0.05, 0) is 36.6 Å². The van der Waals surface area contributed by atoms with Crippen LogP contribution in [0.5, 0.6) is 5.75 Å². The zero-order valence-corrected chi connectivity index (χ0v) is 11.9. The summed E-state index contributed by atoms with van der Waals surface area (Å²) in [6, 6.07) is 6.50. The van der Waals surface area contributed by atoms with Crippen LogP contribution in [-0.4, -0.2) is 19.1 Å². The molecule has 1 unspecified atom stereocenters. The summed E-state index contributed by atoms with van der Waals surface area (Å²) in [7, 11) is 0. The molecule has 1 heterocycles. The van der Waals surface area contributed by atoms with E-state index in [-0.39, 0.29) is 12.5 Å². The lowest BCUT2D eigenvalue weighted by atomic mass is 9.79. The van der Waals surface area contributed by atoms with Crippen molar-refractivity contribution in [2.45, 2.75) is 38.6 Å². The highest BCUT2D eigenvalue weighted by molar-refractivity contribution is 5.95. The minimum absolute atomic E-state index is 0.0753. The molecular formula is C16H22N2O2. The van der Waals surface area contributed by atoms with E-state index in [9.17, 15) is 4.79 Å². The van der Waals surface area contributed by atoms with Gasteiger partial charge in [0.2, 0.25) is 0 Å². The van der Waals surface area contributed by atoms with Crippen molar-refractivity contribution in [2.75, 3.05) is 18.5 Å². The summed E-state index contributed by atoms with van der Waals surface area (Å²) in [5.41, 5.74) is 2.04. The number of hydrogen-bond acceptors (Lipinski definition) is 3. The second-order valence-corrected chi connectivity index (χ2v) is 5.74. The van der Waals surface area contributed by atoms with E-state index in [0.29, 0.717) is 6.04 Å². The third kappa shape index (κ3) is 2.80. The summed E-state index contributed by atoms with van der Waals surface area (Å²) >= 11 is 0. The van der Waals surface area contributed by atoms with Gasteiger partial charge in [-0.3, -0.25) is 4.79 Å². The number of carbonyl (C=O) groups is 1. The van der Waals surface area contributed by atoms with Gasteiger partial charge >= 0.3 is 0 Å². The number of carbonyl (C=O) groups excluding carboxylic acids is 1. The Morgan fingerprint density at radius 1 is 1.45 bits per heavy atom. The minimum atomic E-state index is -0.0753. The molecule has 0 bridgehead atoms. The maximum absolute atomic E-state index is 11.4. The molecule has 3 rings (SSSR count). The topological polar surface area (TPSA) is 50.4 Å². The number of ether oxygens (including phenoxy) is 1. The second-order valence-electron chi connectivity index (χ2n) is 5.74. The maximum Gasteiger partial charge on any atom is 0.262 e. The van der Waals surface area contributed by atoms with Crippen LogP contribution in [0.2, 0.25) is 0 Å². The maximum atomic E-state index is 11.4. The fourth-order valence-electron chi connectivity index (χ4n) is 2.96. The summed E-state index contributed by atoms with van der Waals surface area (Å²) in [5, 5.41) is 6.45. The molecule has 4 heteroatoms. The first-order valence-electron chi connectivity index (χ1n) is 7.56. The van der Waals surface area contributed by atoms with Crippen LogP contribution in [0.15, 0.2) is 18.2 Å². The average Bonchev–Trinajstić information content (AvgIpc) is 2.40. The van der Waals surface area contributed by atoms with Gasteiger partial charge in [0.15, 0.2) is 6.61 Å². The molecule has 108 valence electrons. The largest absolute Gasteiger partial charge is 0.482 e. The molecule has 2 N–H and O–H groups in total. The van der Waals surface area contributed by atoms with Crippen LogP contribution >= 0.6 is 0 Å². The van der Waals surface area contributed by atoms with E-state index in [4.69, 9.17) is 4.74 Å². The number of benzene rings is 1. The second kappa shape index (κ2) is 5.83. The first-order chi connectivity index (χ1) is 9.76. The average molecular weight is 274 g/mol. The fraction of sp³-hybridized carbons (Fsp3) is 0.562. The van der Waals surface area contributed by atoms with Gasteiger partial charge in [0.05, 0.1) is 5.69 Å². The Hall–Kier alpha value is -1.55. The van der Waals surface area contributed by atoms with Crippen LogP contribution in [0, 0.1) is 5.92 Å². The van der Waals surface area contributed by atoms with Crippen LogP contribution in [0.25, 0.3) is 0 Å². The molecule has 1 amide bonds. The molecule has 1 aromatic carbocycles. The molecule has 0 spiro atoms. The van der Waals surface area contributed by atoms with Crippen LogP contribution in [0.1, 0.15) is 44.2 Å². The van der Waals surface area contributed by atoms with Crippen LogP contribution in [0.3, 0.4) is 0 Å². The van der Waals surface area contributed by atoms with Crippen molar-refractivity contribution in [3.8, 4) is 5.75 Å². The Kier molecular flexibility index (Phi) is 3.92. The van der Waals surface area contributed by atoms with E-state index < -0.39 is 0 Å². The Labute approximate surface area is 119 Å². The molecule has 0 aromatic heterocycles. The van der Waals surface area contributed by atoms with Crippen molar-refractivity contribution in [2.24, 2.45) is 5.92 Å². The van der Waals surface area contributed by atoms with Crippen molar-refractivity contribution in [3.63, 3.8) is 0 Å². The monoisotopic (exact) mass is 274 g/mol. The summed E-state index contributed by atoms with van der Waals surface area (Å²) in [5.74, 6) is 1.54. The molecule has 2 aliphatic rings. The van der Waals surface area contributed by atoms with Gasteiger partial charge < -0.3 is 15.4 Å². The normalized spacial score (nSPS) is 19.6. The third-order valence-corrected chi connectivity index (χ3v) is 4.28. The lowest BCUT2D eigenvalue weighted by Gasteiger charge is -2.31. The minimum Gasteiger partial charge on any atom is -0.482 e. The molecule has 1 fully saturated rings. The smallest absolute Gasteiger partial charge is 0.262 e. The molecule has 0 radical (unpaired) electrons. The number of rotatable bonds is 5. The third-order valence-electron chi connectivity index (χ3n) is 4.28. The molecule has 4 nitrogen and oxygen atoms in total. The van der Waals surface area contributed by atoms with Crippen molar-refractivity contribution in [3.05, 3.63) is 23.8 Å². The van der Waals surface area contributed by atoms with Crippen molar-refractivity contribution in [1.82, 2.24) is 5.32 Å². The molecule has 1 atom stereocenters. The van der Waals surface area contributed by atoms with E-state index in [0.717, 1.165) is 23.9 Å². The summed E-state index contributed by atoms with van der Waals surface area (Å²) in [6.45, 7) is 3.21. The number of fused-ring (bicyclic) bond motifs is 1. The van der Waals surface area contributed by atoms with Crippen molar-refractivity contribution < 1.29 is 9.53 Å². The van der Waals surface area contributed by atoms with Gasteiger partial charge in [-0.2, -0.15) is 0 Å². The van der Waals surface area contributed by atoms with Gasteiger partial charge in [0, 0.05) is 6.04 Å². The van der Waals surface area contributed by atoms with Crippen molar-refractivity contribution >= 4 is 11.6 Å². The Morgan fingerprint density at radius 2 is 2.30 bits per heavy atom. The van der Waals surface area contributed by atoms with Crippen LogP contribution < -0.4 is 15.4 Å². The number of amides is 1. The van der Waals surface area contributed by atoms with Gasteiger partial charge in [-0.25, -0.2) is 0 Å². The molecule has 1 aliphatic carbocycles. The zero-order valence-electron chi connectivity index (χ0n) is 11.9. The first-order valence-corrected chi connectivity index (χ1v) is 7.56. The van der Waals surface area contributed by atoms with E-state index >= 15 is 0 Å². The Morgan fingerprint density at radius 3 is 3.00 bits per heavy atom. The lowest BCUT2D eigenvalue weighted by Crippen LogP contribution is -2.27.